The van der Waals surface area contributed by atoms with E-state index in [4.69, 9.17) is 0 Å². The predicted molar refractivity (Wildman–Crippen MR) is 115 cm³/mol. The van der Waals surface area contributed by atoms with Crippen LogP contribution in [-0.4, -0.2) is 20.1 Å². The number of carbonyl (C=O) groups excluding carboxylic acids is 1. The molecule has 0 heterocycles. The molecule has 0 aliphatic rings. The number of nitrogens with one attached hydrogen (secondary N) is 2. The Labute approximate surface area is 177 Å². The van der Waals surface area contributed by atoms with Gasteiger partial charge >= 0.3 is 0 Å². The molecule has 0 spiro atoms. The highest BCUT2D eigenvalue weighted by atomic mass is 32.2. The van der Waals surface area contributed by atoms with Gasteiger partial charge in [0.25, 0.3) is 21.7 Å². The second kappa shape index (κ2) is 9.27. The molecule has 0 radical (unpaired) electrons. The average Bonchev–Trinajstić information content (AvgIpc) is 2.71. The van der Waals surface area contributed by atoms with Crippen LogP contribution in [0.4, 0.5) is 20.2 Å². The standard InChI is InChI=1S/C21H18F2N2O3S2/c1-14-7-8-17(24-20(26)15-5-3-2-4-6-15)13-19(14)30(27,28)25-16-9-11-18(12-10-16)29-21(22)23/h2-13,21,25H,1H3,(H,24,26). The summed E-state index contributed by atoms with van der Waals surface area (Å²) >= 11 is 0.379. The highest BCUT2D eigenvalue weighted by Gasteiger charge is 2.19. The van der Waals surface area contributed by atoms with Crippen LogP contribution in [0.5, 0.6) is 0 Å². The Hall–Kier alpha value is -2.91. The smallest absolute Gasteiger partial charge is 0.288 e. The molecule has 0 unspecified atom stereocenters. The van der Waals surface area contributed by atoms with Crippen LogP contribution in [-0.2, 0) is 10.0 Å². The molecule has 30 heavy (non-hydrogen) atoms. The van der Waals surface area contributed by atoms with Crippen molar-refractivity contribution in [1.29, 1.82) is 0 Å². The number of benzene rings is 3. The first-order chi connectivity index (χ1) is 14.2. The van der Waals surface area contributed by atoms with Crippen LogP contribution in [0.3, 0.4) is 0 Å². The maximum Gasteiger partial charge on any atom is 0.288 e. The number of rotatable bonds is 7. The Balaban J connectivity index is 1.80. The molecule has 0 fully saturated rings. The van der Waals surface area contributed by atoms with Crippen molar-refractivity contribution < 1.29 is 22.0 Å². The van der Waals surface area contributed by atoms with Crippen LogP contribution in [0.15, 0.2) is 82.6 Å². The van der Waals surface area contributed by atoms with E-state index in [0.29, 0.717) is 33.5 Å². The molecule has 0 aromatic heterocycles. The molecule has 0 saturated heterocycles. The number of sulfonamides is 1. The Morgan fingerprint density at radius 3 is 2.20 bits per heavy atom. The lowest BCUT2D eigenvalue weighted by atomic mass is 10.2. The second-order valence-corrected chi connectivity index (χ2v) is 9.02. The predicted octanol–water partition coefficient (Wildman–Crippen LogP) is 5.36. The summed E-state index contributed by atoms with van der Waals surface area (Å²) in [5, 5.41) is 2.68. The fourth-order valence-corrected chi connectivity index (χ4v) is 4.50. The molecular weight excluding hydrogens is 430 g/mol. The Kier molecular flexibility index (Phi) is 6.73. The molecular formula is C21H18F2N2O3S2. The number of aryl methyl sites for hydroxylation is 1. The zero-order valence-electron chi connectivity index (χ0n) is 15.8. The number of carbonyl (C=O) groups is 1. The maximum absolute atomic E-state index is 12.8. The van der Waals surface area contributed by atoms with Gasteiger partial charge in [-0.2, -0.15) is 8.78 Å². The minimum Gasteiger partial charge on any atom is -0.322 e. The molecule has 9 heteroatoms. The largest absolute Gasteiger partial charge is 0.322 e. The van der Waals surface area contributed by atoms with Crippen LogP contribution >= 0.6 is 11.8 Å². The summed E-state index contributed by atoms with van der Waals surface area (Å²) in [5.74, 6) is -2.91. The van der Waals surface area contributed by atoms with E-state index in [1.807, 2.05) is 0 Å². The van der Waals surface area contributed by atoms with Gasteiger partial charge in [-0.05, 0) is 61.0 Å². The Morgan fingerprint density at radius 2 is 1.57 bits per heavy atom. The van der Waals surface area contributed by atoms with Crippen LogP contribution in [0.25, 0.3) is 0 Å². The highest BCUT2D eigenvalue weighted by Crippen LogP contribution is 2.28. The number of anilines is 2. The van der Waals surface area contributed by atoms with E-state index in [9.17, 15) is 22.0 Å². The molecule has 0 bridgehead atoms. The monoisotopic (exact) mass is 448 g/mol. The van der Waals surface area contributed by atoms with Crippen LogP contribution in [0.2, 0.25) is 0 Å². The summed E-state index contributed by atoms with van der Waals surface area (Å²) in [7, 11) is -3.96. The van der Waals surface area contributed by atoms with E-state index >= 15 is 0 Å². The first-order valence-electron chi connectivity index (χ1n) is 8.79. The summed E-state index contributed by atoms with van der Waals surface area (Å²) in [5.41, 5.74) is 1.51. The van der Waals surface area contributed by atoms with E-state index in [-0.39, 0.29) is 16.5 Å². The third-order valence-corrected chi connectivity index (χ3v) is 6.35. The SMILES string of the molecule is Cc1ccc(NC(=O)c2ccccc2)cc1S(=O)(=O)Nc1ccc(SC(F)F)cc1. The molecule has 3 aromatic rings. The van der Waals surface area contributed by atoms with Crippen molar-refractivity contribution in [3.63, 3.8) is 0 Å². The molecule has 1 amide bonds. The third kappa shape index (κ3) is 5.58. The molecule has 0 aliphatic carbocycles. The highest BCUT2D eigenvalue weighted by molar-refractivity contribution is 7.99. The van der Waals surface area contributed by atoms with Crippen molar-refractivity contribution >= 4 is 39.1 Å². The van der Waals surface area contributed by atoms with Gasteiger partial charge in [0.2, 0.25) is 0 Å². The topological polar surface area (TPSA) is 75.3 Å². The molecule has 156 valence electrons. The molecule has 2 N–H and O–H groups in total. The van der Waals surface area contributed by atoms with E-state index in [2.05, 4.69) is 10.0 Å². The Bertz CT molecular complexity index is 1140. The zero-order valence-corrected chi connectivity index (χ0v) is 17.4. The first-order valence-corrected chi connectivity index (χ1v) is 11.2. The lowest BCUT2D eigenvalue weighted by molar-refractivity contribution is 0.102. The lowest BCUT2D eigenvalue weighted by Crippen LogP contribution is -2.16. The summed E-state index contributed by atoms with van der Waals surface area (Å²) < 4.78 is 53.0. The van der Waals surface area contributed by atoms with Crippen molar-refractivity contribution in [3.05, 3.63) is 83.9 Å². The van der Waals surface area contributed by atoms with Gasteiger partial charge in [0.05, 0.1) is 4.90 Å². The number of halogens is 2. The molecule has 3 aromatic carbocycles. The number of hydrogen-bond donors (Lipinski definition) is 2. The molecule has 3 rings (SSSR count). The molecule has 0 aliphatic heterocycles. The number of amides is 1. The summed E-state index contributed by atoms with van der Waals surface area (Å²) in [4.78, 5) is 12.7. The van der Waals surface area contributed by atoms with Crippen LogP contribution in [0.1, 0.15) is 15.9 Å². The third-order valence-electron chi connectivity index (χ3n) is 4.10. The van der Waals surface area contributed by atoms with Crippen molar-refractivity contribution in [3.8, 4) is 0 Å². The Morgan fingerprint density at radius 1 is 0.933 bits per heavy atom. The summed E-state index contributed by atoms with van der Waals surface area (Å²) in [6.45, 7) is 1.64. The van der Waals surface area contributed by atoms with Crippen molar-refractivity contribution in [2.75, 3.05) is 10.0 Å². The summed E-state index contributed by atoms with van der Waals surface area (Å²) in [6, 6.07) is 18.8. The normalized spacial score (nSPS) is 11.3. The number of alkyl halides is 2. The van der Waals surface area contributed by atoms with Gasteiger partial charge in [-0.25, -0.2) is 8.42 Å². The first kappa shape index (κ1) is 21.8. The fourth-order valence-electron chi connectivity index (χ4n) is 2.67. The van der Waals surface area contributed by atoms with Gasteiger partial charge in [-0.15, -0.1) is 0 Å². The van der Waals surface area contributed by atoms with E-state index in [1.165, 1.54) is 30.3 Å². The van der Waals surface area contributed by atoms with Gasteiger partial charge in [-0.1, -0.05) is 36.0 Å². The quantitative estimate of drug-likeness (QED) is 0.477. The number of thioether (sulfide) groups is 1. The maximum atomic E-state index is 12.8. The lowest BCUT2D eigenvalue weighted by Gasteiger charge is -2.13. The molecule has 0 saturated carbocycles. The molecule has 0 atom stereocenters. The van der Waals surface area contributed by atoms with Crippen LogP contribution in [0, 0.1) is 6.92 Å². The van der Waals surface area contributed by atoms with Crippen molar-refractivity contribution in [2.24, 2.45) is 0 Å². The van der Waals surface area contributed by atoms with E-state index in [0.717, 1.165) is 0 Å². The average molecular weight is 449 g/mol. The minimum atomic E-state index is -3.96. The van der Waals surface area contributed by atoms with Gasteiger partial charge in [0, 0.05) is 21.8 Å². The molecule has 5 nitrogen and oxygen atoms in total. The van der Waals surface area contributed by atoms with Crippen LogP contribution < -0.4 is 10.0 Å². The van der Waals surface area contributed by atoms with E-state index in [1.54, 1.807) is 49.4 Å². The van der Waals surface area contributed by atoms with Gasteiger partial charge < -0.3 is 5.32 Å². The van der Waals surface area contributed by atoms with Gasteiger partial charge in [-0.3, -0.25) is 9.52 Å². The fraction of sp³-hybridized carbons (Fsp3) is 0.0952. The van der Waals surface area contributed by atoms with Gasteiger partial charge in [0.1, 0.15) is 0 Å². The number of hydrogen-bond acceptors (Lipinski definition) is 4. The summed E-state index contributed by atoms with van der Waals surface area (Å²) in [6.07, 6.45) is 0. The zero-order chi connectivity index (χ0) is 21.7. The van der Waals surface area contributed by atoms with Gasteiger partial charge in [0.15, 0.2) is 0 Å². The minimum absolute atomic E-state index is 0.000561. The van der Waals surface area contributed by atoms with E-state index < -0.39 is 15.8 Å². The second-order valence-electron chi connectivity index (χ2n) is 6.31. The van der Waals surface area contributed by atoms with Crippen molar-refractivity contribution in [2.45, 2.75) is 22.5 Å². The van der Waals surface area contributed by atoms with Crippen molar-refractivity contribution in [1.82, 2.24) is 0 Å².